The van der Waals surface area contributed by atoms with Gasteiger partial charge in [-0.15, -0.1) is 11.8 Å². The number of thioether (sulfide) groups is 1. The van der Waals surface area contributed by atoms with Crippen LogP contribution in [0.5, 0.6) is 0 Å². The van der Waals surface area contributed by atoms with Crippen molar-refractivity contribution in [1.29, 1.82) is 0 Å². The fraction of sp³-hybridized carbons (Fsp3) is 0.217. The fourth-order valence-corrected chi connectivity index (χ4v) is 4.55. The Bertz CT molecular complexity index is 972. The second kappa shape index (κ2) is 9.01. The van der Waals surface area contributed by atoms with E-state index in [9.17, 15) is 9.59 Å². The summed E-state index contributed by atoms with van der Waals surface area (Å²) in [4.78, 5) is 28.0. The first-order valence-electron chi connectivity index (χ1n) is 9.49. The molecule has 1 atom stereocenters. The van der Waals surface area contributed by atoms with Gasteiger partial charge in [-0.2, -0.15) is 0 Å². The molecule has 3 aromatic rings. The zero-order chi connectivity index (χ0) is 20.1. The lowest BCUT2D eigenvalue weighted by Crippen LogP contribution is -2.41. The van der Waals surface area contributed by atoms with E-state index in [4.69, 9.17) is 9.15 Å². The highest BCUT2D eigenvalue weighted by Crippen LogP contribution is 2.43. The highest BCUT2D eigenvalue weighted by molar-refractivity contribution is 7.99. The predicted octanol–water partition coefficient (Wildman–Crippen LogP) is 4.64. The van der Waals surface area contributed by atoms with Gasteiger partial charge in [-0.1, -0.05) is 42.5 Å². The van der Waals surface area contributed by atoms with E-state index in [1.54, 1.807) is 29.0 Å². The number of nitrogens with zero attached hydrogens (tertiary/aromatic N) is 1. The van der Waals surface area contributed by atoms with Crippen LogP contribution in [0, 0.1) is 0 Å². The number of hydrogen-bond acceptors (Lipinski definition) is 5. The topological polar surface area (TPSA) is 59.8 Å². The molecular weight excluding hydrogens is 386 g/mol. The number of fused-ring (bicyclic) bond motifs is 1. The van der Waals surface area contributed by atoms with Crippen molar-refractivity contribution < 1.29 is 18.7 Å². The van der Waals surface area contributed by atoms with Gasteiger partial charge in [-0.3, -0.25) is 14.5 Å². The first-order chi connectivity index (χ1) is 14.2. The molecule has 1 aliphatic rings. The fourth-order valence-electron chi connectivity index (χ4n) is 3.38. The normalized spacial score (nSPS) is 15.6. The Morgan fingerprint density at radius 1 is 1.03 bits per heavy atom. The summed E-state index contributed by atoms with van der Waals surface area (Å²) in [5.74, 6) is 0.835. The van der Waals surface area contributed by atoms with E-state index < -0.39 is 5.97 Å². The number of ether oxygens (including phenoxy) is 1. The van der Waals surface area contributed by atoms with Crippen molar-refractivity contribution in [2.24, 2.45) is 0 Å². The van der Waals surface area contributed by atoms with Crippen LogP contribution in [0.3, 0.4) is 0 Å². The molecule has 6 heteroatoms. The first kappa shape index (κ1) is 19.3. The van der Waals surface area contributed by atoms with Crippen molar-refractivity contribution in [1.82, 2.24) is 0 Å². The molecule has 4 rings (SSSR count). The van der Waals surface area contributed by atoms with Gasteiger partial charge in [0.2, 0.25) is 0 Å². The van der Waals surface area contributed by atoms with E-state index in [1.165, 1.54) is 0 Å². The maximum atomic E-state index is 13.1. The highest BCUT2D eigenvalue weighted by atomic mass is 32.2. The second-order valence-corrected chi connectivity index (χ2v) is 7.77. The smallest absolute Gasteiger partial charge is 0.306 e. The van der Waals surface area contributed by atoms with Gasteiger partial charge < -0.3 is 9.15 Å². The molecule has 2 aromatic carbocycles. The maximum absolute atomic E-state index is 13.1. The van der Waals surface area contributed by atoms with Gasteiger partial charge in [-0.05, 0) is 29.8 Å². The highest BCUT2D eigenvalue weighted by Gasteiger charge is 2.32. The Kier molecular flexibility index (Phi) is 6.00. The van der Waals surface area contributed by atoms with Crippen LogP contribution in [-0.4, -0.2) is 24.2 Å². The third-order valence-corrected chi connectivity index (χ3v) is 5.94. The lowest BCUT2D eigenvalue weighted by atomic mass is 10.1. The van der Waals surface area contributed by atoms with Crippen molar-refractivity contribution in [3.8, 4) is 0 Å². The van der Waals surface area contributed by atoms with E-state index in [-0.39, 0.29) is 25.0 Å². The van der Waals surface area contributed by atoms with Crippen LogP contribution in [0.1, 0.15) is 23.8 Å². The molecule has 0 saturated carbocycles. The quantitative estimate of drug-likeness (QED) is 0.558. The zero-order valence-corrected chi connectivity index (χ0v) is 16.6. The van der Waals surface area contributed by atoms with Crippen LogP contribution in [0.2, 0.25) is 0 Å². The monoisotopic (exact) mass is 407 g/mol. The molecule has 148 valence electrons. The van der Waals surface area contributed by atoms with Crippen molar-refractivity contribution in [2.45, 2.75) is 23.8 Å². The number of rotatable bonds is 6. The van der Waals surface area contributed by atoms with E-state index in [2.05, 4.69) is 0 Å². The molecule has 0 unspecified atom stereocenters. The summed E-state index contributed by atoms with van der Waals surface area (Å²) < 4.78 is 10.5. The molecule has 1 aromatic heterocycles. The number of hydrogen-bond donors (Lipinski definition) is 0. The third kappa shape index (κ3) is 4.54. The van der Waals surface area contributed by atoms with Gasteiger partial charge in [0, 0.05) is 17.1 Å². The molecule has 1 aliphatic heterocycles. The molecule has 0 aliphatic carbocycles. The molecule has 0 N–H and O–H groups in total. The summed E-state index contributed by atoms with van der Waals surface area (Å²) in [6.45, 7) is -0.278. The average Bonchev–Trinajstić information content (AvgIpc) is 3.29. The van der Waals surface area contributed by atoms with E-state index in [1.807, 2.05) is 60.7 Å². The summed E-state index contributed by atoms with van der Waals surface area (Å²) in [5.41, 5.74) is 1.92. The van der Waals surface area contributed by atoms with Gasteiger partial charge in [0.05, 0.1) is 24.4 Å². The zero-order valence-electron chi connectivity index (χ0n) is 15.8. The number of carbonyl (C=O) groups is 2. The summed E-state index contributed by atoms with van der Waals surface area (Å²) >= 11 is 1.73. The Hall–Kier alpha value is -2.99. The van der Waals surface area contributed by atoms with Crippen molar-refractivity contribution in [3.05, 3.63) is 84.3 Å². The summed E-state index contributed by atoms with van der Waals surface area (Å²) in [7, 11) is 0. The van der Waals surface area contributed by atoms with Crippen molar-refractivity contribution >= 4 is 29.3 Å². The number of carbonyl (C=O) groups excluding carboxylic acids is 2. The predicted molar refractivity (Wildman–Crippen MR) is 112 cm³/mol. The number of furan rings is 1. The van der Waals surface area contributed by atoms with Crippen molar-refractivity contribution in [2.75, 3.05) is 17.3 Å². The maximum Gasteiger partial charge on any atom is 0.306 e. The van der Waals surface area contributed by atoms with Gasteiger partial charge >= 0.3 is 5.97 Å². The minimum Gasteiger partial charge on any atom is -0.469 e. The van der Waals surface area contributed by atoms with Crippen LogP contribution < -0.4 is 4.90 Å². The van der Waals surface area contributed by atoms with Crippen molar-refractivity contribution in [3.63, 3.8) is 0 Å². The Morgan fingerprint density at radius 2 is 1.83 bits per heavy atom. The SMILES string of the molecule is O=C(CCc1ccco1)OCC(=O)N1c2ccccc2SC[C@H]1c1ccccc1. The third-order valence-electron chi connectivity index (χ3n) is 4.80. The summed E-state index contributed by atoms with van der Waals surface area (Å²) in [5, 5.41) is 0. The number of anilines is 1. The minimum atomic E-state index is -0.411. The van der Waals surface area contributed by atoms with Crippen LogP contribution in [-0.2, 0) is 20.7 Å². The molecular formula is C23H21NO4S. The Balaban J connectivity index is 1.47. The van der Waals surface area contributed by atoms with E-state index in [0.717, 1.165) is 27.7 Å². The molecule has 0 fully saturated rings. The van der Waals surface area contributed by atoms with Gasteiger partial charge in [0.1, 0.15) is 5.76 Å². The lowest BCUT2D eigenvalue weighted by Gasteiger charge is -2.37. The second-order valence-electron chi connectivity index (χ2n) is 6.71. The molecule has 0 bridgehead atoms. The summed E-state index contributed by atoms with van der Waals surface area (Å²) in [6, 6.07) is 21.3. The van der Waals surface area contributed by atoms with E-state index in [0.29, 0.717) is 6.42 Å². The first-order valence-corrected chi connectivity index (χ1v) is 10.5. The largest absolute Gasteiger partial charge is 0.469 e. The number of esters is 1. The molecule has 0 spiro atoms. The van der Waals surface area contributed by atoms with Crippen LogP contribution in [0.4, 0.5) is 5.69 Å². The van der Waals surface area contributed by atoms with Gasteiger partial charge in [-0.25, -0.2) is 0 Å². The van der Waals surface area contributed by atoms with Crippen LogP contribution in [0.15, 0.2) is 82.3 Å². The number of amides is 1. The van der Waals surface area contributed by atoms with Gasteiger partial charge in [0.25, 0.3) is 5.91 Å². The van der Waals surface area contributed by atoms with E-state index >= 15 is 0 Å². The molecule has 1 amide bonds. The number of aryl methyl sites for hydroxylation is 1. The van der Waals surface area contributed by atoms with Crippen LogP contribution >= 0.6 is 11.8 Å². The number of benzene rings is 2. The van der Waals surface area contributed by atoms with Gasteiger partial charge in [0.15, 0.2) is 6.61 Å². The number of para-hydroxylation sites is 1. The molecule has 5 nitrogen and oxygen atoms in total. The molecule has 0 saturated heterocycles. The van der Waals surface area contributed by atoms with Crippen LogP contribution in [0.25, 0.3) is 0 Å². The molecule has 2 heterocycles. The minimum absolute atomic E-state index is 0.106. The Morgan fingerprint density at radius 3 is 2.62 bits per heavy atom. The lowest BCUT2D eigenvalue weighted by molar-refractivity contribution is -0.148. The Labute approximate surface area is 173 Å². The molecule has 0 radical (unpaired) electrons. The summed E-state index contributed by atoms with van der Waals surface area (Å²) in [6.07, 6.45) is 2.20. The standard InChI is InChI=1S/C23H21NO4S/c25-22(15-28-23(26)13-12-18-9-6-14-27-18)24-19-10-4-5-11-21(19)29-16-20(24)17-7-2-1-3-8-17/h1-11,14,20H,12-13,15-16H2/t20-/m0/s1. The molecule has 29 heavy (non-hydrogen) atoms. The average molecular weight is 407 g/mol.